The zero-order valence-corrected chi connectivity index (χ0v) is 12.8. The first-order chi connectivity index (χ1) is 10.3. The van der Waals surface area contributed by atoms with Crippen LogP contribution in [0.3, 0.4) is 0 Å². The van der Waals surface area contributed by atoms with E-state index in [1.807, 2.05) is 12.4 Å². The van der Waals surface area contributed by atoms with E-state index in [1.165, 1.54) is 36.8 Å². The summed E-state index contributed by atoms with van der Waals surface area (Å²) in [5, 5.41) is 3.63. The van der Waals surface area contributed by atoms with Crippen LogP contribution in [0.2, 0.25) is 0 Å². The van der Waals surface area contributed by atoms with Gasteiger partial charge in [-0.1, -0.05) is 18.2 Å². The summed E-state index contributed by atoms with van der Waals surface area (Å²) in [5.74, 6) is 0. The molecular formula is C19H24N2. The molecule has 2 nitrogen and oxygen atoms in total. The van der Waals surface area contributed by atoms with Crippen molar-refractivity contribution in [3.8, 4) is 0 Å². The summed E-state index contributed by atoms with van der Waals surface area (Å²) in [5.41, 5.74) is 5.90. The van der Waals surface area contributed by atoms with Crippen molar-refractivity contribution in [2.24, 2.45) is 0 Å². The van der Waals surface area contributed by atoms with Gasteiger partial charge in [0.25, 0.3) is 0 Å². The van der Waals surface area contributed by atoms with Crippen LogP contribution in [0.25, 0.3) is 0 Å². The second-order valence-electron chi connectivity index (χ2n) is 6.02. The number of benzene rings is 1. The number of fused-ring (bicyclic) bond motifs is 1. The molecule has 110 valence electrons. The van der Waals surface area contributed by atoms with Gasteiger partial charge in [0.1, 0.15) is 0 Å². The van der Waals surface area contributed by atoms with Crippen LogP contribution in [0.15, 0.2) is 42.7 Å². The lowest BCUT2D eigenvalue weighted by atomic mass is 9.89. The Balaban J connectivity index is 1.56. The molecule has 21 heavy (non-hydrogen) atoms. The fourth-order valence-electron chi connectivity index (χ4n) is 3.12. The quantitative estimate of drug-likeness (QED) is 0.899. The van der Waals surface area contributed by atoms with Gasteiger partial charge in [0.05, 0.1) is 0 Å². The van der Waals surface area contributed by atoms with E-state index >= 15 is 0 Å². The zero-order valence-electron chi connectivity index (χ0n) is 12.8. The lowest BCUT2D eigenvalue weighted by Crippen LogP contribution is -2.21. The molecule has 2 heteroatoms. The number of nitrogens with one attached hydrogen (secondary N) is 1. The minimum Gasteiger partial charge on any atom is -0.310 e. The number of hydrogen-bond acceptors (Lipinski definition) is 2. The Labute approximate surface area is 127 Å². The highest BCUT2D eigenvalue weighted by atomic mass is 14.9. The number of hydrogen-bond donors (Lipinski definition) is 1. The van der Waals surface area contributed by atoms with E-state index in [2.05, 4.69) is 47.6 Å². The minimum atomic E-state index is 0.416. The number of rotatable bonds is 5. The molecule has 1 aromatic carbocycles. The van der Waals surface area contributed by atoms with E-state index in [-0.39, 0.29) is 0 Å². The number of aryl methyl sites for hydroxylation is 2. The average molecular weight is 280 g/mol. The Kier molecular flexibility index (Phi) is 4.66. The van der Waals surface area contributed by atoms with E-state index in [4.69, 9.17) is 0 Å². The van der Waals surface area contributed by atoms with Crippen LogP contribution >= 0.6 is 0 Å². The van der Waals surface area contributed by atoms with Crippen molar-refractivity contribution in [1.29, 1.82) is 0 Å². The summed E-state index contributed by atoms with van der Waals surface area (Å²) in [4.78, 5) is 4.06. The van der Waals surface area contributed by atoms with Gasteiger partial charge in [-0.25, -0.2) is 0 Å². The van der Waals surface area contributed by atoms with Crippen LogP contribution < -0.4 is 5.32 Å². The fraction of sp³-hybridized carbons (Fsp3) is 0.421. The van der Waals surface area contributed by atoms with Crippen molar-refractivity contribution < 1.29 is 0 Å². The molecule has 0 bridgehead atoms. The molecule has 1 aliphatic rings. The molecule has 1 heterocycles. The lowest BCUT2D eigenvalue weighted by Gasteiger charge is -2.20. The van der Waals surface area contributed by atoms with Gasteiger partial charge in [-0.3, -0.25) is 4.98 Å². The predicted octanol–water partition coefficient (Wildman–Crippen LogP) is 3.85. The van der Waals surface area contributed by atoms with Crippen molar-refractivity contribution in [2.45, 2.75) is 45.1 Å². The molecule has 0 fully saturated rings. The summed E-state index contributed by atoms with van der Waals surface area (Å²) in [6.07, 6.45) is 10.0. The fourth-order valence-corrected chi connectivity index (χ4v) is 3.12. The molecule has 1 atom stereocenters. The van der Waals surface area contributed by atoms with Gasteiger partial charge in [0.2, 0.25) is 0 Å². The SMILES string of the molecule is CC(NCCc1ccncc1)c1ccc2c(c1)CCCC2. The molecule has 1 N–H and O–H groups in total. The molecule has 0 spiro atoms. The van der Waals surface area contributed by atoms with Gasteiger partial charge < -0.3 is 5.32 Å². The Bertz CT molecular complexity index is 577. The summed E-state index contributed by atoms with van der Waals surface area (Å²) in [6, 6.07) is 11.6. The summed E-state index contributed by atoms with van der Waals surface area (Å²) >= 11 is 0. The normalized spacial score (nSPS) is 15.5. The molecule has 2 aromatic rings. The minimum absolute atomic E-state index is 0.416. The Morgan fingerprint density at radius 3 is 2.62 bits per heavy atom. The third-order valence-electron chi connectivity index (χ3n) is 4.49. The Morgan fingerprint density at radius 2 is 1.81 bits per heavy atom. The third-order valence-corrected chi connectivity index (χ3v) is 4.49. The van der Waals surface area contributed by atoms with Gasteiger partial charge in [-0.2, -0.15) is 0 Å². The highest BCUT2D eigenvalue weighted by Gasteiger charge is 2.12. The largest absolute Gasteiger partial charge is 0.310 e. The molecule has 1 aromatic heterocycles. The van der Waals surface area contributed by atoms with Crippen molar-refractivity contribution in [1.82, 2.24) is 10.3 Å². The summed E-state index contributed by atoms with van der Waals surface area (Å²) in [7, 11) is 0. The zero-order chi connectivity index (χ0) is 14.5. The second-order valence-corrected chi connectivity index (χ2v) is 6.02. The Hall–Kier alpha value is -1.67. The van der Waals surface area contributed by atoms with Gasteiger partial charge >= 0.3 is 0 Å². The highest BCUT2D eigenvalue weighted by Crippen LogP contribution is 2.24. The highest BCUT2D eigenvalue weighted by molar-refractivity contribution is 5.35. The first kappa shape index (κ1) is 14.3. The maximum absolute atomic E-state index is 4.06. The van der Waals surface area contributed by atoms with Crippen LogP contribution in [-0.4, -0.2) is 11.5 Å². The van der Waals surface area contributed by atoms with Crippen molar-refractivity contribution >= 4 is 0 Å². The second kappa shape index (κ2) is 6.86. The maximum atomic E-state index is 4.06. The van der Waals surface area contributed by atoms with Crippen LogP contribution in [0.5, 0.6) is 0 Å². The van der Waals surface area contributed by atoms with Gasteiger partial charge in [-0.15, -0.1) is 0 Å². The van der Waals surface area contributed by atoms with E-state index in [9.17, 15) is 0 Å². The smallest absolute Gasteiger partial charge is 0.0292 e. The van der Waals surface area contributed by atoms with Crippen LogP contribution in [0, 0.1) is 0 Å². The van der Waals surface area contributed by atoms with Crippen LogP contribution in [0.1, 0.15) is 48.1 Å². The molecule has 0 radical (unpaired) electrons. The molecule has 0 saturated heterocycles. The molecule has 0 saturated carbocycles. The van der Waals surface area contributed by atoms with E-state index in [1.54, 1.807) is 11.1 Å². The third kappa shape index (κ3) is 3.70. The summed E-state index contributed by atoms with van der Waals surface area (Å²) < 4.78 is 0. The first-order valence-electron chi connectivity index (χ1n) is 8.07. The molecule has 0 aliphatic heterocycles. The Morgan fingerprint density at radius 1 is 1.05 bits per heavy atom. The van der Waals surface area contributed by atoms with Gasteiger partial charge in [0.15, 0.2) is 0 Å². The van der Waals surface area contributed by atoms with E-state index in [0.29, 0.717) is 6.04 Å². The first-order valence-corrected chi connectivity index (χ1v) is 8.07. The van der Waals surface area contributed by atoms with Crippen molar-refractivity contribution in [3.63, 3.8) is 0 Å². The van der Waals surface area contributed by atoms with Crippen LogP contribution in [-0.2, 0) is 19.3 Å². The molecule has 1 aliphatic carbocycles. The van der Waals surface area contributed by atoms with E-state index in [0.717, 1.165) is 13.0 Å². The maximum Gasteiger partial charge on any atom is 0.0292 e. The van der Waals surface area contributed by atoms with Crippen molar-refractivity contribution in [2.75, 3.05) is 6.54 Å². The topological polar surface area (TPSA) is 24.9 Å². The summed E-state index contributed by atoms with van der Waals surface area (Å²) in [6.45, 7) is 3.26. The number of nitrogens with zero attached hydrogens (tertiary/aromatic N) is 1. The number of aromatic nitrogens is 1. The molecular weight excluding hydrogens is 256 g/mol. The van der Waals surface area contributed by atoms with Crippen molar-refractivity contribution in [3.05, 3.63) is 65.0 Å². The lowest BCUT2D eigenvalue weighted by molar-refractivity contribution is 0.574. The predicted molar refractivity (Wildman–Crippen MR) is 87.4 cm³/mol. The molecule has 3 rings (SSSR count). The monoisotopic (exact) mass is 280 g/mol. The van der Waals surface area contributed by atoms with Gasteiger partial charge in [0, 0.05) is 18.4 Å². The average Bonchev–Trinajstić information content (AvgIpc) is 2.55. The van der Waals surface area contributed by atoms with Gasteiger partial charge in [-0.05, 0) is 80.0 Å². The molecule has 0 amide bonds. The number of pyridine rings is 1. The standard InChI is InChI=1S/C19H24N2/c1-15(21-13-10-16-8-11-20-12-9-16)18-7-6-17-4-2-3-5-19(17)14-18/h6-9,11-12,14-15,21H,2-5,10,13H2,1H3. The van der Waals surface area contributed by atoms with Crippen LogP contribution in [0.4, 0.5) is 0 Å². The molecule has 1 unspecified atom stereocenters. The van der Waals surface area contributed by atoms with E-state index < -0.39 is 0 Å².